The van der Waals surface area contributed by atoms with Gasteiger partial charge in [-0.2, -0.15) is 0 Å². The molecule has 0 aliphatic carbocycles. The van der Waals surface area contributed by atoms with E-state index < -0.39 is 12.6 Å². The van der Waals surface area contributed by atoms with Gasteiger partial charge in [-0.15, -0.1) is 0 Å². The van der Waals surface area contributed by atoms with Gasteiger partial charge in [0.25, 0.3) is 0 Å². The van der Waals surface area contributed by atoms with E-state index in [2.05, 4.69) is 0 Å². The molecular formula is C9H9O4. The number of hydrogen-bond donors (Lipinski definition) is 1. The fourth-order valence-corrected chi connectivity index (χ4v) is 1.11. The topological polar surface area (TPSA) is 66.4 Å². The fourth-order valence-electron chi connectivity index (χ4n) is 1.11. The summed E-state index contributed by atoms with van der Waals surface area (Å²) in [6.45, 7) is -0.557. The molecule has 0 spiro atoms. The van der Waals surface area contributed by atoms with E-state index in [1.807, 2.05) is 0 Å². The molecule has 1 rings (SSSR count). The smallest absolute Gasteiger partial charge is 0.339 e. The molecule has 0 bridgehead atoms. The zero-order valence-electron chi connectivity index (χ0n) is 7.11. The van der Waals surface area contributed by atoms with Gasteiger partial charge >= 0.3 is 5.97 Å². The molecule has 0 aliphatic rings. The Hall–Kier alpha value is -1.55. The molecule has 69 valence electrons. The summed E-state index contributed by atoms with van der Waals surface area (Å²) in [4.78, 5) is 10.7. The van der Waals surface area contributed by atoms with E-state index in [9.17, 15) is 9.90 Å². The first-order chi connectivity index (χ1) is 6.20. The molecule has 1 N–H and O–H groups in total. The molecule has 0 saturated heterocycles. The number of hydrogen-bond acceptors (Lipinski definition) is 2. The van der Waals surface area contributed by atoms with Crippen molar-refractivity contribution in [2.24, 2.45) is 0 Å². The molecular weight excluding hydrogens is 172 g/mol. The molecule has 4 nitrogen and oxygen atoms in total. The molecule has 0 fully saturated rings. The summed E-state index contributed by atoms with van der Waals surface area (Å²) in [5.41, 5.74) is 0.201. The van der Waals surface area contributed by atoms with Crippen molar-refractivity contribution in [2.45, 2.75) is 6.61 Å². The molecule has 1 aromatic rings. The molecule has 0 aromatic heterocycles. The van der Waals surface area contributed by atoms with E-state index in [1.165, 1.54) is 19.2 Å². The van der Waals surface area contributed by atoms with Gasteiger partial charge in [0, 0.05) is 0 Å². The summed E-state index contributed by atoms with van der Waals surface area (Å²) in [7, 11) is 1.37. The summed E-state index contributed by atoms with van der Waals surface area (Å²) < 4.78 is 4.83. The van der Waals surface area contributed by atoms with E-state index in [-0.39, 0.29) is 16.9 Å². The van der Waals surface area contributed by atoms with Crippen LogP contribution in [0.5, 0.6) is 5.75 Å². The third-order valence-electron chi connectivity index (χ3n) is 1.70. The van der Waals surface area contributed by atoms with Gasteiger partial charge in [-0.25, -0.2) is 9.90 Å². The zero-order chi connectivity index (χ0) is 9.84. The predicted molar refractivity (Wildman–Crippen MR) is 44.3 cm³/mol. The first-order valence-electron chi connectivity index (χ1n) is 3.68. The second-order valence-electron chi connectivity index (χ2n) is 2.44. The van der Waals surface area contributed by atoms with E-state index in [4.69, 9.17) is 9.84 Å². The maximum atomic E-state index is 10.7. The fraction of sp³-hybridized carbons (Fsp3) is 0.222. The number of carboxylic acid groups (broad SMARTS) is 1. The van der Waals surface area contributed by atoms with Gasteiger partial charge in [0.2, 0.25) is 0 Å². The average molecular weight is 181 g/mol. The maximum Gasteiger partial charge on any atom is 0.339 e. The Morgan fingerprint density at radius 1 is 1.54 bits per heavy atom. The number of rotatable bonds is 3. The van der Waals surface area contributed by atoms with Crippen molar-refractivity contribution in [3.63, 3.8) is 0 Å². The summed E-state index contributed by atoms with van der Waals surface area (Å²) in [5, 5.41) is 19.4. The van der Waals surface area contributed by atoms with E-state index >= 15 is 0 Å². The van der Waals surface area contributed by atoms with Gasteiger partial charge in [0.15, 0.2) is 0 Å². The Kier molecular flexibility index (Phi) is 2.87. The summed E-state index contributed by atoms with van der Waals surface area (Å²) in [6, 6.07) is 4.60. The molecule has 0 amide bonds. The quantitative estimate of drug-likeness (QED) is 0.764. The highest BCUT2D eigenvalue weighted by atomic mass is 16.5. The third-order valence-corrected chi connectivity index (χ3v) is 1.70. The molecule has 13 heavy (non-hydrogen) atoms. The predicted octanol–water partition coefficient (Wildman–Crippen LogP) is 1.32. The van der Waals surface area contributed by atoms with Crippen LogP contribution in [0, 0.1) is 0 Å². The molecule has 0 aliphatic heterocycles. The van der Waals surface area contributed by atoms with Gasteiger partial charge in [-0.05, 0) is 11.6 Å². The molecule has 0 unspecified atom stereocenters. The van der Waals surface area contributed by atoms with Crippen LogP contribution in [0.25, 0.3) is 0 Å². The van der Waals surface area contributed by atoms with Crippen LogP contribution in [0.1, 0.15) is 15.9 Å². The maximum absolute atomic E-state index is 10.7. The molecule has 1 radical (unpaired) electrons. The SMILES string of the molecule is COc1cccc(C[O])c1C(=O)O. The van der Waals surface area contributed by atoms with Crippen molar-refractivity contribution in [3.8, 4) is 5.75 Å². The van der Waals surface area contributed by atoms with Gasteiger partial charge in [0.1, 0.15) is 17.9 Å². The minimum Gasteiger partial charge on any atom is -0.496 e. The minimum absolute atomic E-state index is 0.0417. The second-order valence-corrected chi connectivity index (χ2v) is 2.44. The summed E-state index contributed by atoms with van der Waals surface area (Å²) >= 11 is 0. The second kappa shape index (κ2) is 3.91. The molecule has 4 heteroatoms. The van der Waals surface area contributed by atoms with E-state index in [0.717, 1.165) is 0 Å². The van der Waals surface area contributed by atoms with Crippen LogP contribution in [0.3, 0.4) is 0 Å². The van der Waals surface area contributed by atoms with Gasteiger partial charge < -0.3 is 9.84 Å². The molecule has 0 saturated carbocycles. The Morgan fingerprint density at radius 2 is 2.23 bits per heavy atom. The molecule has 0 heterocycles. The minimum atomic E-state index is -1.14. The third kappa shape index (κ3) is 1.78. The van der Waals surface area contributed by atoms with Crippen molar-refractivity contribution in [2.75, 3.05) is 7.11 Å². The summed E-state index contributed by atoms with van der Waals surface area (Å²) in [5.74, 6) is -0.913. The Bertz CT molecular complexity index is 297. The highest BCUT2D eigenvalue weighted by Crippen LogP contribution is 2.22. The lowest BCUT2D eigenvalue weighted by Gasteiger charge is -2.07. The highest BCUT2D eigenvalue weighted by Gasteiger charge is 2.15. The van der Waals surface area contributed by atoms with Crippen LogP contribution in [0.2, 0.25) is 0 Å². The number of carboxylic acids is 1. The number of methoxy groups -OCH3 is 1. The largest absolute Gasteiger partial charge is 0.496 e. The van der Waals surface area contributed by atoms with Gasteiger partial charge in [0.05, 0.1) is 7.11 Å². The Balaban J connectivity index is 3.29. The standard InChI is InChI=1S/C9H9O4/c1-13-7-4-2-3-6(5-10)8(7)9(11)12/h2-4H,5H2,1H3,(H,11,12). The van der Waals surface area contributed by atoms with Crippen molar-refractivity contribution in [1.29, 1.82) is 0 Å². The lowest BCUT2D eigenvalue weighted by molar-refractivity contribution is 0.0686. The first kappa shape index (κ1) is 9.54. The van der Waals surface area contributed by atoms with Crippen LogP contribution >= 0.6 is 0 Å². The van der Waals surface area contributed by atoms with Crippen LogP contribution in [-0.4, -0.2) is 18.2 Å². The number of aromatic carboxylic acids is 1. The molecule has 1 aromatic carbocycles. The van der Waals surface area contributed by atoms with Crippen molar-refractivity contribution in [3.05, 3.63) is 29.3 Å². The van der Waals surface area contributed by atoms with Crippen molar-refractivity contribution < 1.29 is 19.7 Å². The Morgan fingerprint density at radius 3 is 2.69 bits per heavy atom. The van der Waals surface area contributed by atoms with E-state index in [1.54, 1.807) is 6.07 Å². The summed E-state index contributed by atoms with van der Waals surface area (Å²) in [6.07, 6.45) is 0. The van der Waals surface area contributed by atoms with Crippen LogP contribution in [-0.2, 0) is 11.7 Å². The van der Waals surface area contributed by atoms with Gasteiger partial charge in [-0.3, -0.25) is 0 Å². The van der Waals surface area contributed by atoms with Crippen LogP contribution in [0.15, 0.2) is 18.2 Å². The van der Waals surface area contributed by atoms with Gasteiger partial charge in [-0.1, -0.05) is 12.1 Å². The molecule has 0 atom stereocenters. The normalized spacial score (nSPS) is 9.69. The Labute approximate surface area is 75.4 Å². The average Bonchev–Trinajstić information content (AvgIpc) is 2.16. The van der Waals surface area contributed by atoms with Crippen molar-refractivity contribution >= 4 is 5.97 Å². The number of benzene rings is 1. The number of carbonyl (C=O) groups is 1. The lowest BCUT2D eigenvalue weighted by atomic mass is 10.1. The highest BCUT2D eigenvalue weighted by molar-refractivity contribution is 5.92. The number of ether oxygens (including phenoxy) is 1. The van der Waals surface area contributed by atoms with Crippen LogP contribution in [0.4, 0.5) is 0 Å². The van der Waals surface area contributed by atoms with E-state index in [0.29, 0.717) is 0 Å². The monoisotopic (exact) mass is 181 g/mol. The zero-order valence-corrected chi connectivity index (χ0v) is 7.11. The first-order valence-corrected chi connectivity index (χ1v) is 3.68. The lowest BCUT2D eigenvalue weighted by Crippen LogP contribution is -2.04. The van der Waals surface area contributed by atoms with Crippen molar-refractivity contribution in [1.82, 2.24) is 0 Å². The van der Waals surface area contributed by atoms with Crippen LogP contribution < -0.4 is 4.74 Å².